The number of non-ortho nitro benzene ring substituents is 1. The summed E-state index contributed by atoms with van der Waals surface area (Å²) in [6, 6.07) is 6.50. The number of nitrogens with one attached hydrogen (secondary N) is 1. The van der Waals surface area contributed by atoms with Gasteiger partial charge in [-0.05, 0) is 25.5 Å². The molecule has 0 saturated carbocycles. The van der Waals surface area contributed by atoms with Gasteiger partial charge in [-0.2, -0.15) is 0 Å². The average Bonchev–Trinajstić information content (AvgIpc) is 2.34. The maximum atomic E-state index is 10.6. The molecule has 0 aliphatic heterocycles. The van der Waals surface area contributed by atoms with Crippen molar-refractivity contribution < 1.29 is 9.72 Å². The Bertz CT molecular complexity index is 434. The molecule has 1 aromatic carbocycles. The van der Waals surface area contributed by atoms with Gasteiger partial charge in [0.2, 0.25) is 5.91 Å². The van der Waals surface area contributed by atoms with Gasteiger partial charge in [-0.1, -0.05) is 12.1 Å². The van der Waals surface area contributed by atoms with Crippen molar-refractivity contribution in [2.45, 2.75) is 25.8 Å². The zero-order chi connectivity index (χ0) is 13.5. The van der Waals surface area contributed by atoms with Crippen molar-refractivity contribution in [3.05, 3.63) is 39.9 Å². The van der Waals surface area contributed by atoms with Crippen molar-refractivity contribution in [3.63, 3.8) is 0 Å². The molecule has 0 aliphatic rings. The van der Waals surface area contributed by atoms with E-state index in [1.54, 1.807) is 12.1 Å². The molecule has 1 unspecified atom stereocenters. The third kappa shape index (κ3) is 4.50. The number of amides is 1. The van der Waals surface area contributed by atoms with Gasteiger partial charge in [0.05, 0.1) is 4.92 Å². The molecule has 6 nitrogen and oxygen atoms in total. The summed E-state index contributed by atoms with van der Waals surface area (Å²) >= 11 is 0. The smallest absolute Gasteiger partial charge is 0.269 e. The van der Waals surface area contributed by atoms with E-state index in [0.717, 1.165) is 5.56 Å². The molecule has 98 valence electrons. The van der Waals surface area contributed by atoms with E-state index in [1.165, 1.54) is 6.07 Å². The van der Waals surface area contributed by atoms with Gasteiger partial charge in [-0.3, -0.25) is 14.9 Å². The number of nitrogens with two attached hydrogens (primary N) is 1. The molecule has 0 aromatic heterocycles. The van der Waals surface area contributed by atoms with Gasteiger partial charge in [-0.25, -0.2) is 0 Å². The van der Waals surface area contributed by atoms with E-state index in [1.807, 2.05) is 13.0 Å². The molecule has 1 atom stereocenters. The van der Waals surface area contributed by atoms with E-state index in [0.29, 0.717) is 19.4 Å². The summed E-state index contributed by atoms with van der Waals surface area (Å²) in [7, 11) is 0. The molecule has 6 heteroatoms. The average molecular weight is 251 g/mol. The predicted molar refractivity (Wildman–Crippen MR) is 67.9 cm³/mol. The van der Waals surface area contributed by atoms with Crippen molar-refractivity contribution in [1.82, 2.24) is 5.32 Å². The van der Waals surface area contributed by atoms with Gasteiger partial charge in [0.1, 0.15) is 0 Å². The van der Waals surface area contributed by atoms with Crippen LogP contribution in [0.15, 0.2) is 24.3 Å². The van der Waals surface area contributed by atoms with Crippen LogP contribution in [0.5, 0.6) is 0 Å². The first-order chi connectivity index (χ1) is 8.50. The normalized spacial score (nSPS) is 12.1. The Kier molecular flexibility index (Phi) is 5.26. The van der Waals surface area contributed by atoms with Gasteiger partial charge < -0.3 is 11.1 Å². The topological polar surface area (TPSA) is 98.3 Å². The molecular formula is C12H17N3O3. The van der Waals surface area contributed by atoms with Crippen LogP contribution in [0, 0.1) is 10.1 Å². The van der Waals surface area contributed by atoms with Crippen LogP contribution in [-0.2, 0) is 4.79 Å². The minimum atomic E-state index is -0.413. The third-order valence-corrected chi connectivity index (χ3v) is 2.63. The number of carbonyl (C=O) groups excluding carboxylic acids is 1. The monoisotopic (exact) mass is 251 g/mol. The number of nitro groups is 1. The van der Waals surface area contributed by atoms with Crippen molar-refractivity contribution in [2.24, 2.45) is 5.73 Å². The van der Waals surface area contributed by atoms with Crippen LogP contribution < -0.4 is 11.1 Å². The first-order valence-electron chi connectivity index (χ1n) is 5.76. The van der Waals surface area contributed by atoms with E-state index < -0.39 is 4.92 Å². The fraction of sp³-hybridized carbons (Fsp3) is 0.417. The fourth-order valence-corrected chi connectivity index (χ4v) is 1.61. The van der Waals surface area contributed by atoms with E-state index in [9.17, 15) is 14.9 Å². The first-order valence-corrected chi connectivity index (χ1v) is 5.76. The number of nitrogens with zero attached hydrogens (tertiary/aromatic N) is 1. The van der Waals surface area contributed by atoms with Crippen LogP contribution in [0.1, 0.15) is 31.4 Å². The van der Waals surface area contributed by atoms with Crippen molar-refractivity contribution in [2.75, 3.05) is 6.54 Å². The fourth-order valence-electron chi connectivity index (χ4n) is 1.61. The zero-order valence-corrected chi connectivity index (χ0v) is 10.3. The third-order valence-electron chi connectivity index (χ3n) is 2.63. The Labute approximate surface area is 105 Å². The molecule has 0 radical (unpaired) electrons. The summed E-state index contributed by atoms with van der Waals surface area (Å²) in [6.07, 6.45) is 1.00. The number of rotatable bonds is 7. The number of hydrogen-bond donors (Lipinski definition) is 2. The molecule has 1 amide bonds. The van der Waals surface area contributed by atoms with Crippen molar-refractivity contribution in [3.8, 4) is 0 Å². The van der Waals surface area contributed by atoms with Gasteiger partial charge in [0, 0.05) is 24.6 Å². The molecule has 0 saturated heterocycles. The summed E-state index contributed by atoms with van der Waals surface area (Å²) in [4.78, 5) is 20.8. The molecule has 0 fully saturated rings. The second-order valence-corrected chi connectivity index (χ2v) is 4.10. The standard InChI is InChI=1S/C12H17N3O3/c1-9(14-7-3-6-12(13)16)10-4-2-5-11(8-10)15(17)18/h2,4-5,8-9,14H,3,6-7H2,1H3,(H2,13,16). The number of carbonyl (C=O) groups is 1. The van der Waals surface area contributed by atoms with Crippen LogP contribution in [0.4, 0.5) is 5.69 Å². The van der Waals surface area contributed by atoms with Gasteiger partial charge in [0.15, 0.2) is 0 Å². The number of primary amides is 1. The van der Waals surface area contributed by atoms with E-state index >= 15 is 0 Å². The molecule has 0 spiro atoms. The maximum Gasteiger partial charge on any atom is 0.269 e. The lowest BCUT2D eigenvalue weighted by molar-refractivity contribution is -0.384. The highest BCUT2D eigenvalue weighted by atomic mass is 16.6. The van der Waals surface area contributed by atoms with Crippen molar-refractivity contribution >= 4 is 11.6 Å². The van der Waals surface area contributed by atoms with Crippen LogP contribution in [0.25, 0.3) is 0 Å². The van der Waals surface area contributed by atoms with Crippen LogP contribution in [-0.4, -0.2) is 17.4 Å². The summed E-state index contributed by atoms with van der Waals surface area (Å²) in [5, 5.41) is 13.8. The predicted octanol–water partition coefficient (Wildman–Crippen LogP) is 1.51. The molecule has 3 N–H and O–H groups in total. The molecule has 0 heterocycles. The quantitative estimate of drug-likeness (QED) is 0.436. The largest absolute Gasteiger partial charge is 0.370 e. The molecule has 0 bridgehead atoms. The SMILES string of the molecule is CC(NCCCC(N)=O)c1cccc([N+](=O)[O-])c1. The molecular weight excluding hydrogens is 234 g/mol. The minimum Gasteiger partial charge on any atom is -0.370 e. The molecule has 1 aromatic rings. The first kappa shape index (κ1) is 14.1. The van der Waals surface area contributed by atoms with Gasteiger partial charge in [-0.15, -0.1) is 0 Å². The highest BCUT2D eigenvalue weighted by Gasteiger charge is 2.10. The lowest BCUT2D eigenvalue weighted by atomic mass is 10.1. The number of nitro benzene ring substituents is 1. The Hall–Kier alpha value is -1.95. The zero-order valence-electron chi connectivity index (χ0n) is 10.3. The highest BCUT2D eigenvalue weighted by Crippen LogP contribution is 2.18. The number of hydrogen-bond acceptors (Lipinski definition) is 4. The molecule has 18 heavy (non-hydrogen) atoms. The maximum absolute atomic E-state index is 10.6. The summed E-state index contributed by atoms with van der Waals surface area (Å²) in [6.45, 7) is 2.57. The summed E-state index contributed by atoms with van der Waals surface area (Å²) < 4.78 is 0. The highest BCUT2D eigenvalue weighted by molar-refractivity contribution is 5.73. The Morgan fingerprint density at radius 2 is 2.28 bits per heavy atom. The van der Waals surface area contributed by atoms with Crippen LogP contribution in [0.2, 0.25) is 0 Å². The van der Waals surface area contributed by atoms with Crippen LogP contribution >= 0.6 is 0 Å². The van der Waals surface area contributed by atoms with Crippen LogP contribution in [0.3, 0.4) is 0 Å². The summed E-state index contributed by atoms with van der Waals surface area (Å²) in [5.74, 6) is -0.320. The Morgan fingerprint density at radius 3 is 2.89 bits per heavy atom. The van der Waals surface area contributed by atoms with Crippen molar-refractivity contribution in [1.29, 1.82) is 0 Å². The molecule has 1 rings (SSSR count). The lowest BCUT2D eigenvalue weighted by Crippen LogP contribution is -2.21. The van der Waals surface area contributed by atoms with E-state index in [-0.39, 0.29) is 17.6 Å². The molecule has 0 aliphatic carbocycles. The van der Waals surface area contributed by atoms with E-state index in [2.05, 4.69) is 5.32 Å². The second kappa shape index (κ2) is 6.70. The Morgan fingerprint density at radius 1 is 1.56 bits per heavy atom. The summed E-state index contributed by atoms with van der Waals surface area (Å²) in [5.41, 5.74) is 5.96. The van der Waals surface area contributed by atoms with E-state index in [4.69, 9.17) is 5.73 Å². The lowest BCUT2D eigenvalue weighted by Gasteiger charge is -2.13. The minimum absolute atomic E-state index is 0.00206. The Balaban J connectivity index is 2.50. The van der Waals surface area contributed by atoms with Gasteiger partial charge >= 0.3 is 0 Å². The number of benzene rings is 1. The second-order valence-electron chi connectivity index (χ2n) is 4.10. The van der Waals surface area contributed by atoms with Gasteiger partial charge in [0.25, 0.3) is 5.69 Å².